The van der Waals surface area contributed by atoms with Crippen molar-refractivity contribution < 1.29 is 14.6 Å². The van der Waals surface area contributed by atoms with E-state index >= 15 is 0 Å². The molecule has 0 aromatic heterocycles. The van der Waals surface area contributed by atoms with Crippen LogP contribution in [-0.2, 0) is 4.79 Å². The van der Waals surface area contributed by atoms with Crippen LogP contribution in [0.25, 0.3) is 0 Å². The molecular weight excluding hydrogens is 306 g/mol. The zero-order valence-electron chi connectivity index (χ0n) is 13.7. The summed E-state index contributed by atoms with van der Waals surface area (Å²) in [6.07, 6.45) is 1.49. The lowest BCUT2D eigenvalue weighted by molar-refractivity contribution is -0.119. The van der Waals surface area contributed by atoms with E-state index < -0.39 is 0 Å². The standard InChI is InChI=1S/C18H21N3O3/c1-3-24-17-10-14(8-9-16(17)22)11-20-21-18(23)12-19-15-7-5-4-6-13(15)2/h4-11,19,22H,3,12H2,1-2H3,(H,21,23)/b20-11+. The predicted molar refractivity (Wildman–Crippen MR) is 94.7 cm³/mol. The molecule has 0 bridgehead atoms. The van der Waals surface area contributed by atoms with Gasteiger partial charge in [-0.25, -0.2) is 5.43 Å². The topological polar surface area (TPSA) is 83.0 Å². The minimum atomic E-state index is -0.252. The SMILES string of the molecule is CCOc1cc(/C=N/NC(=O)CNc2ccccc2C)ccc1O. The first kappa shape index (κ1) is 17.3. The van der Waals surface area contributed by atoms with E-state index in [1.54, 1.807) is 12.1 Å². The Hall–Kier alpha value is -3.02. The van der Waals surface area contributed by atoms with E-state index in [-0.39, 0.29) is 18.2 Å². The fourth-order valence-corrected chi connectivity index (χ4v) is 2.05. The van der Waals surface area contributed by atoms with Gasteiger partial charge in [0.15, 0.2) is 11.5 Å². The van der Waals surface area contributed by atoms with Gasteiger partial charge in [-0.15, -0.1) is 0 Å². The van der Waals surface area contributed by atoms with Gasteiger partial charge >= 0.3 is 0 Å². The molecule has 0 fully saturated rings. The molecule has 2 aromatic carbocycles. The normalized spacial score (nSPS) is 10.6. The van der Waals surface area contributed by atoms with Crippen LogP contribution >= 0.6 is 0 Å². The molecule has 0 aliphatic heterocycles. The number of ether oxygens (including phenoxy) is 1. The summed E-state index contributed by atoms with van der Waals surface area (Å²) in [5.74, 6) is 0.202. The number of phenols is 1. The quantitative estimate of drug-likeness (QED) is 0.539. The molecule has 1 amide bonds. The highest BCUT2D eigenvalue weighted by Crippen LogP contribution is 2.26. The second-order valence-corrected chi connectivity index (χ2v) is 5.12. The first-order chi connectivity index (χ1) is 11.6. The van der Waals surface area contributed by atoms with Crippen molar-refractivity contribution in [2.45, 2.75) is 13.8 Å². The van der Waals surface area contributed by atoms with Crippen LogP contribution in [0, 0.1) is 6.92 Å². The highest BCUT2D eigenvalue weighted by Gasteiger charge is 2.03. The van der Waals surface area contributed by atoms with Crippen LogP contribution in [0.1, 0.15) is 18.1 Å². The third kappa shape index (κ3) is 5.01. The fraction of sp³-hybridized carbons (Fsp3) is 0.222. The summed E-state index contributed by atoms with van der Waals surface area (Å²) in [6, 6.07) is 12.6. The molecule has 6 nitrogen and oxygen atoms in total. The van der Waals surface area contributed by atoms with Crippen molar-refractivity contribution in [1.82, 2.24) is 5.43 Å². The number of carbonyl (C=O) groups excluding carboxylic acids is 1. The summed E-state index contributed by atoms with van der Waals surface area (Å²) >= 11 is 0. The molecule has 0 saturated heterocycles. The zero-order chi connectivity index (χ0) is 17.4. The number of hydrogen-bond donors (Lipinski definition) is 3. The van der Waals surface area contributed by atoms with E-state index in [1.165, 1.54) is 12.3 Å². The number of phenolic OH excluding ortho intramolecular Hbond substituents is 1. The average Bonchev–Trinajstić information content (AvgIpc) is 2.57. The predicted octanol–water partition coefficient (Wildman–Crippen LogP) is 2.66. The molecule has 3 N–H and O–H groups in total. The Morgan fingerprint density at radius 2 is 2.08 bits per heavy atom. The van der Waals surface area contributed by atoms with Crippen LogP contribution in [0.3, 0.4) is 0 Å². The van der Waals surface area contributed by atoms with Crippen LogP contribution in [-0.4, -0.2) is 30.4 Å². The van der Waals surface area contributed by atoms with Crippen molar-refractivity contribution in [2.75, 3.05) is 18.5 Å². The Morgan fingerprint density at radius 1 is 1.29 bits per heavy atom. The monoisotopic (exact) mass is 327 g/mol. The van der Waals surface area contributed by atoms with Gasteiger partial charge in [-0.1, -0.05) is 18.2 Å². The molecule has 0 spiro atoms. The number of rotatable bonds is 7. The smallest absolute Gasteiger partial charge is 0.259 e. The van der Waals surface area contributed by atoms with E-state index in [0.717, 1.165) is 11.3 Å². The number of aromatic hydroxyl groups is 1. The Bertz CT molecular complexity index is 729. The third-order valence-corrected chi connectivity index (χ3v) is 3.27. The number of benzene rings is 2. The highest BCUT2D eigenvalue weighted by molar-refractivity contribution is 5.84. The lowest BCUT2D eigenvalue weighted by Crippen LogP contribution is -2.26. The second-order valence-electron chi connectivity index (χ2n) is 5.12. The molecule has 0 aliphatic rings. The third-order valence-electron chi connectivity index (χ3n) is 3.27. The Kier molecular flexibility index (Phi) is 6.19. The molecule has 0 heterocycles. The molecule has 2 aromatic rings. The molecule has 0 unspecified atom stereocenters. The van der Waals surface area contributed by atoms with E-state index in [9.17, 15) is 9.90 Å². The van der Waals surface area contributed by atoms with Crippen LogP contribution in [0.4, 0.5) is 5.69 Å². The molecular formula is C18H21N3O3. The summed E-state index contributed by atoms with van der Waals surface area (Å²) in [5, 5.41) is 16.6. The first-order valence-corrected chi connectivity index (χ1v) is 7.67. The number of anilines is 1. The van der Waals surface area contributed by atoms with E-state index in [2.05, 4.69) is 15.8 Å². The number of aryl methyl sites for hydroxylation is 1. The summed E-state index contributed by atoms with van der Waals surface area (Å²) in [6.45, 7) is 4.39. The average molecular weight is 327 g/mol. The molecule has 0 saturated carbocycles. The summed E-state index contributed by atoms with van der Waals surface area (Å²) in [5.41, 5.74) is 5.15. The van der Waals surface area contributed by atoms with Gasteiger partial charge in [0.2, 0.25) is 0 Å². The van der Waals surface area contributed by atoms with Gasteiger partial charge in [0.05, 0.1) is 19.4 Å². The fourth-order valence-electron chi connectivity index (χ4n) is 2.05. The number of amides is 1. The molecule has 126 valence electrons. The van der Waals surface area contributed by atoms with Gasteiger partial charge in [0.25, 0.3) is 5.91 Å². The molecule has 0 atom stereocenters. The van der Waals surface area contributed by atoms with Crippen molar-refractivity contribution in [3.8, 4) is 11.5 Å². The maximum absolute atomic E-state index is 11.8. The largest absolute Gasteiger partial charge is 0.504 e. The maximum Gasteiger partial charge on any atom is 0.259 e. The number of hydrogen-bond acceptors (Lipinski definition) is 5. The number of hydrazone groups is 1. The van der Waals surface area contributed by atoms with Gasteiger partial charge in [-0.3, -0.25) is 4.79 Å². The van der Waals surface area contributed by atoms with Crippen LogP contribution in [0.15, 0.2) is 47.6 Å². The van der Waals surface area contributed by atoms with E-state index in [0.29, 0.717) is 17.9 Å². The van der Waals surface area contributed by atoms with Gasteiger partial charge in [0, 0.05) is 5.69 Å². The Morgan fingerprint density at radius 3 is 2.83 bits per heavy atom. The summed E-state index contributed by atoms with van der Waals surface area (Å²) in [7, 11) is 0. The number of nitrogens with one attached hydrogen (secondary N) is 2. The number of para-hydroxylation sites is 1. The van der Waals surface area contributed by atoms with Crippen molar-refractivity contribution in [1.29, 1.82) is 0 Å². The number of nitrogens with zero attached hydrogens (tertiary/aromatic N) is 1. The van der Waals surface area contributed by atoms with Gasteiger partial charge in [-0.2, -0.15) is 5.10 Å². The molecule has 0 radical (unpaired) electrons. The van der Waals surface area contributed by atoms with Crippen molar-refractivity contribution in [3.63, 3.8) is 0 Å². The molecule has 0 aliphatic carbocycles. The van der Waals surface area contributed by atoms with Gasteiger partial charge in [-0.05, 0) is 49.2 Å². The van der Waals surface area contributed by atoms with Crippen LogP contribution < -0.4 is 15.5 Å². The maximum atomic E-state index is 11.8. The van der Waals surface area contributed by atoms with Crippen molar-refractivity contribution in [2.24, 2.45) is 5.10 Å². The Labute approximate surface area is 141 Å². The number of carbonyl (C=O) groups is 1. The minimum absolute atomic E-state index is 0.0699. The molecule has 2 rings (SSSR count). The Balaban J connectivity index is 1.86. The van der Waals surface area contributed by atoms with E-state index in [1.807, 2.05) is 38.1 Å². The van der Waals surface area contributed by atoms with Crippen molar-refractivity contribution in [3.05, 3.63) is 53.6 Å². The minimum Gasteiger partial charge on any atom is -0.504 e. The molecule has 6 heteroatoms. The summed E-state index contributed by atoms with van der Waals surface area (Å²) in [4.78, 5) is 11.8. The van der Waals surface area contributed by atoms with Crippen LogP contribution in [0.2, 0.25) is 0 Å². The van der Waals surface area contributed by atoms with Gasteiger partial charge in [0.1, 0.15) is 0 Å². The first-order valence-electron chi connectivity index (χ1n) is 7.67. The zero-order valence-corrected chi connectivity index (χ0v) is 13.7. The van der Waals surface area contributed by atoms with Gasteiger partial charge < -0.3 is 15.2 Å². The highest BCUT2D eigenvalue weighted by atomic mass is 16.5. The lowest BCUT2D eigenvalue weighted by atomic mass is 10.2. The lowest BCUT2D eigenvalue weighted by Gasteiger charge is -2.08. The van der Waals surface area contributed by atoms with Crippen LogP contribution in [0.5, 0.6) is 11.5 Å². The van der Waals surface area contributed by atoms with Crippen molar-refractivity contribution >= 4 is 17.8 Å². The summed E-state index contributed by atoms with van der Waals surface area (Å²) < 4.78 is 5.29. The molecule has 24 heavy (non-hydrogen) atoms. The second kappa shape index (κ2) is 8.57. The van der Waals surface area contributed by atoms with E-state index in [4.69, 9.17) is 4.74 Å².